The molecule has 0 aliphatic heterocycles. The van der Waals surface area contributed by atoms with E-state index in [1.54, 1.807) is 6.20 Å². The minimum Gasteiger partial charge on any atom is -0.447 e. The van der Waals surface area contributed by atoms with Gasteiger partial charge in [-0.1, -0.05) is 32.0 Å². The van der Waals surface area contributed by atoms with Gasteiger partial charge in [0.05, 0.1) is 12.7 Å². The Bertz CT molecular complexity index is 478. The third-order valence-electron chi connectivity index (χ3n) is 3.24. The fraction of sp³-hybridized carbons (Fsp3) is 0.400. The van der Waals surface area contributed by atoms with Crippen molar-refractivity contribution in [1.29, 1.82) is 0 Å². The van der Waals surface area contributed by atoms with Crippen LogP contribution >= 0.6 is 0 Å². The zero-order chi connectivity index (χ0) is 13.5. The molecule has 0 aliphatic carbocycles. The van der Waals surface area contributed by atoms with Gasteiger partial charge < -0.3 is 9.73 Å². The van der Waals surface area contributed by atoms with Crippen LogP contribution in [0.2, 0.25) is 0 Å². The van der Waals surface area contributed by atoms with E-state index in [4.69, 9.17) is 4.42 Å². The van der Waals surface area contributed by atoms with Gasteiger partial charge in [0.1, 0.15) is 5.76 Å². The summed E-state index contributed by atoms with van der Waals surface area (Å²) in [6.07, 6.45) is 3.19. The summed E-state index contributed by atoms with van der Waals surface area (Å²) < 4.78 is 5.23. The molecule has 0 aliphatic rings. The lowest BCUT2D eigenvalue weighted by Crippen LogP contribution is -2.22. The molecule has 0 radical (unpaired) electrons. The first-order valence-corrected chi connectivity index (χ1v) is 6.75. The Balaban J connectivity index is 2.03. The summed E-state index contributed by atoms with van der Waals surface area (Å²) in [5.74, 6) is 0.845. The van der Waals surface area contributed by atoms with Crippen LogP contribution in [0.5, 0.6) is 0 Å². The standard InChI is InChI=1S/C15H21N3O/c1-3-18(4-2)11-13-7-5-6-8-15(13)17-10-14-9-16-12-19-14/h5-9,12,17H,3-4,10-11H2,1-2H3. The van der Waals surface area contributed by atoms with Gasteiger partial charge in [-0.15, -0.1) is 0 Å². The lowest BCUT2D eigenvalue weighted by molar-refractivity contribution is 0.296. The molecule has 19 heavy (non-hydrogen) atoms. The number of hydrogen-bond acceptors (Lipinski definition) is 4. The molecule has 0 fully saturated rings. The van der Waals surface area contributed by atoms with Crippen LogP contribution in [-0.4, -0.2) is 23.0 Å². The van der Waals surface area contributed by atoms with Crippen molar-refractivity contribution < 1.29 is 4.42 Å². The first kappa shape index (κ1) is 13.6. The maximum atomic E-state index is 5.23. The summed E-state index contributed by atoms with van der Waals surface area (Å²) in [7, 11) is 0. The molecule has 0 unspecified atom stereocenters. The molecule has 0 spiro atoms. The van der Waals surface area contributed by atoms with Gasteiger partial charge in [-0.25, -0.2) is 4.98 Å². The fourth-order valence-corrected chi connectivity index (χ4v) is 2.03. The Morgan fingerprint density at radius 3 is 2.68 bits per heavy atom. The molecule has 4 heteroatoms. The SMILES string of the molecule is CCN(CC)Cc1ccccc1NCc1cnco1. The van der Waals surface area contributed by atoms with Crippen LogP contribution in [0.4, 0.5) is 5.69 Å². The minimum atomic E-state index is 0.662. The van der Waals surface area contributed by atoms with Crippen molar-refractivity contribution in [2.45, 2.75) is 26.9 Å². The van der Waals surface area contributed by atoms with Gasteiger partial charge in [0.25, 0.3) is 0 Å². The molecular formula is C15H21N3O. The Morgan fingerprint density at radius 2 is 2.00 bits per heavy atom. The van der Waals surface area contributed by atoms with Gasteiger partial charge >= 0.3 is 0 Å². The lowest BCUT2D eigenvalue weighted by Gasteiger charge is -2.20. The summed E-state index contributed by atoms with van der Waals surface area (Å²) >= 11 is 0. The van der Waals surface area contributed by atoms with Gasteiger partial charge in [0.2, 0.25) is 0 Å². The Kier molecular flexibility index (Phi) is 4.98. The largest absolute Gasteiger partial charge is 0.447 e. The molecule has 1 aromatic carbocycles. The molecule has 1 aromatic heterocycles. The highest BCUT2D eigenvalue weighted by Gasteiger charge is 2.06. The van der Waals surface area contributed by atoms with E-state index in [-0.39, 0.29) is 0 Å². The van der Waals surface area contributed by atoms with Crippen LogP contribution in [0.25, 0.3) is 0 Å². The van der Waals surface area contributed by atoms with E-state index >= 15 is 0 Å². The Labute approximate surface area is 114 Å². The smallest absolute Gasteiger partial charge is 0.180 e. The maximum absolute atomic E-state index is 5.23. The summed E-state index contributed by atoms with van der Waals surface area (Å²) in [6.45, 7) is 8.13. The quantitative estimate of drug-likeness (QED) is 0.829. The van der Waals surface area contributed by atoms with Crippen molar-refractivity contribution >= 4 is 5.69 Å². The third kappa shape index (κ3) is 3.83. The average molecular weight is 259 g/mol. The van der Waals surface area contributed by atoms with Crippen LogP contribution in [0.1, 0.15) is 25.2 Å². The lowest BCUT2D eigenvalue weighted by atomic mass is 10.1. The summed E-state index contributed by atoms with van der Waals surface area (Å²) in [6, 6.07) is 8.41. The van der Waals surface area contributed by atoms with E-state index in [9.17, 15) is 0 Å². The molecule has 0 amide bonds. The predicted molar refractivity (Wildman–Crippen MR) is 76.9 cm³/mol. The van der Waals surface area contributed by atoms with Gasteiger partial charge in [0, 0.05) is 12.2 Å². The van der Waals surface area contributed by atoms with Crippen LogP contribution in [0, 0.1) is 0 Å². The van der Waals surface area contributed by atoms with Crippen molar-refractivity contribution in [3.05, 3.63) is 48.2 Å². The van der Waals surface area contributed by atoms with Crippen molar-refractivity contribution in [2.24, 2.45) is 0 Å². The first-order chi connectivity index (χ1) is 9.33. The molecule has 0 saturated heterocycles. The van der Waals surface area contributed by atoms with Crippen LogP contribution < -0.4 is 5.32 Å². The van der Waals surface area contributed by atoms with E-state index in [0.717, 1.165) is 31.1 Å². The molecule has 1 N–H and O–H groups in total. The van der Waals surface area contributed by atoms with E-state index in [1.165, 1.54) is 12.0 Å². The Hall–Kier alpha value is -1.81. The highest BCUT2D eigenvalue weighted by molar-refractivity contribution is 5.51. The monoisotopic (exact) mass is 259 g/mol. The number of aromatic nitrogens is 1. The number of para-hydroxylation sites is 1. The van der Waals surface area contributed by atoms with Crippen molar-refractivity contribution in [1.82, 2.24) is 9.88 Å². The first-order valence-electron chi connectivity index (χ1n) is 6.75. The molecule has 0 saturated carbocycles. The summed E-state index contributed by atoms with van der Waals surface area (Å²) in [5, 5.41) is 3.41. The number of rotatable bonds is 7. The predicted octanol–water partition coefficient (Wildman–Crippen LogP) is 3.13. The van der Waals surface area contributed by atoms with Crippen LogP contribution in [0.3, 0.4) is 0 Å². The zero-order valence-corrected chi connectivity index (χ0v) is 11.6. The summed E-state index contributed by atoms with van der Waals surface area (Å²) in [5.41, 5.74) is 2.47. The topological polar surface area (TPSA) is 41.3 Å². The third-order valence-corrected chi connectivity index (χ3v) is 3.24. The molecule has 102 valence electrons. The van der Waals surface area contributed by atoms with Gasteiger partial charge in [-0.05, 0) is 24.7 Å². The van der Waals surface area contributed by atoms with Gasteiger partial charge in [-0.3, -0.25) is 4.90 Å². The molecule has 0 bridgehead atoms. The number of benzene rings is 1. The maximum Gasteiger partial charge on any atom is 0.180 e. The normalized spacial score (nSPS) is 10.9. The molecule has 1 heterocycles. The number of nitrogens with zero attached hydrogens (tertiary/aromatic N) is 2. The van der Waals surface area contributed by atoms with Crippen LogP contribution in [0.15, 0.2) is 41.3 Å². The number of hydrogen-bond donors (Lipinski definition) is 1. The second-order valence-electron chi connectivity index (χ2n) is 4.44. The molecule has 2 aromatic rings. The Morgan fingerprint density at radius 1 is 1.21 bits per heavy atom. The van der Waals surface area contributed by atoms with E-state index in [2.05, 4.69) is 53.3 Å². The van der Waals surface area contributed by atoms with E-state index < -0.39 is 0 Å². The highest BCUT2D eigenvalue weighted by atomic mass is 16.3. The van der Waals surface area contributed by atoms with Crippen molar-refractivity contribution in [2.75, 3.05) is 18.4 Å². The summed E-state index contributed by atoms with van der Waals surface area (Å²) in [4.78, 5) is 6.31. The van der Waals surface area contributed by atoms with E-state index in [1.807, 2.05) is 0 Å². The fourth-order valence-electron chi connectivity index (χ4n) is 2.03. The second-order valence-corrected chi connectivity index (χ2v) is 4.44. The number of anilines is 1. The second kappa shape index (κ2) is 6.95. The van der Waals surface area contributed by atoms with Gasteiger partial charge in [-0.2, -0.15) is 0 Å². The number of nitrogens with one attached hydrogen (secondary N) is 1. The molecule has 0 atom stereocenters. The van der Waals surface area contributed by atoms with Crippen molar-refractivity contribution in [3.8, 4) is 0 Å². The average Bonchev–Trinajstić information content (AvgIpc) is 2.97. The molecule has 4 nitrogen and oxygen atoms in total. The number of oxazole rings is 1. The zero-order valence-electron chi connectivity index (χ0n) is 11.6. The molecular weight excluding hydrogens is 238 g/mol. The van der Waals surface area contributed by atoms with Crippen LogP contribution in [-0.2, 0) is 13.1 Å². The minimum absolute atomic E-state index is 0.662. The van der Waals surface area contributed by atoms with Crippen molar-refractivity contribution in [3.63, 3.8) is 0 Å². The highest BCUT2D eigenvalue weighted by Crippen LogP contribution is 2.18. The van der Waals surface area contributed by atoms with E-state index in [0.29, 0.717) is 6.54 Å². The van der Waals surface area contributed by atoms with Gasteiger partial charge in [0.15, 0.2) is 6.39 Å². The molecule has 2 rings (SSSR count).